The number of aldehydes is 1. The second kappa shape index (κ2) is 9.27. The molecule has 2 aromatic carbocycles. The SMILES string of the molecule is COc1ccccc1OCSSCOc1ccccc1C=O. The summed E-state index contributed by atoms with van der Waals surface area (Å²) in [6.07, 6.45) is 0.790. The Balaban J connectivity index is 1.68. The zero-order valence-corrected chi connectivity index (χ0v) is 13.7. The van der Waals surface area contributed by atoms with E-state index in [1.54, 1.807) is 25.3 Å². The summed E-state index contributed by atoms with van der Waals surface area (Å²) in [5.41, 5.74) is 0.554. The van der Waals surface area contributed by atoms with Gasteiger partial charge in [0.2, 0.25) is 0 Å². The lowest BCUT2D eigenvalue weighted by atomic mass is 10.2. The second-order valence-corrected chi connectivity index (χ2v) is 6.42. The number of carbonyl (C=O) groups is 1. The van der Waals surface area contributed by atoms with E-state index in [1.807, 2.05) is 30.3 Å². The normalized spacial score (nSPS) is 10.0. The van der Waals surface area contributed by atoms with Gasteiger partial charge in [-0.05, 0) is 45.9 Å². The van der Waals surface area contributed by atoms with Gasteiger partial charge in [-0.3, -0.25) is 4.79 Å². The minimum Gasteiger partial charge on any atom is -0.493 e. The molecule has 0 aliphatic heterocycles. The molecule has 0 aliphatic rings. The minimum absolute atomic E-state index is 0.435. The molecule has 0 atom stereocenters. The molecule has 0 aliphatic carbocycles. The molecule has 116 valence electrons. The lowest BCUT2D eigenvalue weighted by Crippen LogP contribution is -1.97. The van der Waals surface area contributed by atoms with Gasteiger partial charge < -0.3 is 14.2 Å². The lowest BCUT2D eigenvalue weighted by molar-refractivity contribution is 0.112. The fourth-order valence-corrected chi connectivity index (χ4v) is 2.87. The van der Waals surface area contributed by atoms with Crippen LogP contribution in [-0.4, -0.2) is 25.3 Å². The van der Waals surface area contributed by atoms with Crippen molar-refractivity contribution in [2.45, 2.75) is 0 Å². The zero-order valence-electron chi connectivity index (χ0n) is 12.1. The molecule has 2 aromatic rings. The average molecular weight is 336 g/mol. The van der Waals surface area contributed by atoms with Crippen LogP contribution < -0.4 is 14.2 Å². The molecule has 0 bridgehead atoms. The van der Waals surface area contributed by atoms with E-state index in [9.17, 15) is 4.79 Å². The first-order chi connectivity index (χ1) is 10.8. The van der Waals surface area contributed by atoms with Crippen molar-refractivity contribution in [2.75, 3.05) is 19.0 Å². The van der Waals surface area contributed by atoms with Crippen LogP contribution in [-0.2, 0) is 0 Å². The molecule has 0 aromatic heterocycles. The monoisotopic (exact) mass is 336 g/mol. The molecule has 6 heteroatoms. The number of ether oxygens (including phenoxy) is 3. The number of benzene rings is 2. The molecule has 0 N–H and O–H groups in total. The second-order valence-electron chi connectivity index (χ2n) is 4.07. The molecule has 2 rings (SSSR count). The summed E-state index contributed by atoms with van der Waals surface area (Å²) in [6, 6.07) is 14.7. The van der Waals surface area contributed by atoms with Crippen molar-refractivity contribution >= 4 is 27.9 Å². The van der Waals surface area contributed by atoms with E-state index < -0.39 is 0 Å². The number of rotatable bonds is 9. The summed E-state index contributed by atoms with van der Waals surface area (Å²) in [7, 11) is 4.65. The molecule has 0 saturated carbocycles. The molecule has 0 saturated heterocycles. The van der Waals surface area contributed by atoms with Crippen molar-refractivity contribution in [1.82, 2.24) is 0 Å². The van der Waals surface area contributed by atoms with Crippen LogP contribution in [0.3, 0.4) is 0 Å². The van der Waals surface area contributed by atoms with E-state index >= 15 is 0 Å². The molecule has 0 radical (unpaired) electrons. The van der Waals surface area contributed by atoms with Gasteiger partial charge in [-0.15, -0.1) is 0 Å². The first-order valence-electron chi connectivity index (χ1n) is 6.52. The topological polar surface area (TPSA) is 44.8 Å². The molecule has 0 unspecified atom stereocenters. The van der Waals surface area contributed by atoms with Gasteiger partial charge in [0.05, 0.1) is 12.7 Å². The van der Waals surface area contributed by atoms with Crippen LogP contribution in [0.2, 0.25) is 0 Å². The average Bonchev–Trinajstić information content (AvgIpc) is 2.58. The van der Waals surface area contributed by atoms with E-state index in [2.05, 4.69) is 0 Å². The Labute approximate surface area is 137 Å². The van der Waals surface area contributed by atoms with E-state index in [4.69, 9.17) is 14.2 Å². The van der Waals surface area contributed by atoms with Crippen LogP contribution in [0.4, 0.5) is 0 Å². The third kappa shape index (κ3) is 4.89. The standard InChI is InChI=1S/C16H16O4S2/c1-18-15-8-4-5-9-16(15)20-12-22-21-11-19-14-7-3-2-6-13(14)10-17/h2-10H,11-12H2,1H3. The third-order valence-corrected chi connectivity index (χ3v) is 4.40. The number of carbonyl (C=O) groups excluding carboxylic acids is 1. The Morgan fingerprint density at radius 2 is 1.41 bits per heavy atom. The molecular weight excluding hydrogens is 320 g/mol. The molecule has 22 heavy (non-hydrogen) atoms. The van der Waals surface area contributed by atoms with Gasteiger partial charge in [0.1, 0.15) is 17.6 Å². The zero-order chi connectivity index (χ0) is 15.6. The number of hydrogen-bond donors (Lipinski definition) is 0. The number of methoxy groups -OCH3 is 1. The van der Waals surface area contributed by atoms with Crippen molar-refractivity contribution < 1.29 is 19.0 Å². The molecule has 4 nitrogen and oxygen atoms in total. The van der Waals surface area contributed by atoms with Crippen LogP contribution in [0.5, 0.6) is 17.2 Å². The van der Waals surface area contributed by atoms with Gasteiger partial charge in [0, 0.05) is 0 Å². The fourth-order valence-electron chi connectivity index (χ4n) is 1.69. The predicted octanol–water partition coefficient (Wildman–Crippen LogP) is 4.26. The van der Waals surface area contributed by atoms with Crippen molar-refractivity contribution in [2.24, 2.45) is 0 Å². The van der Waals surface area contributed by atoms with Gasteiger partial charge in [0.15, 0.2) is 17.8 Å². The van der Waals surface area contributed by atoms with Gasteiger partial charge >= 0.3 is 0 Å². The van der Waals surface area contributed by atoms with Gasteiger partial charge in [0.25, 0.3) is 0 Å². The Bertz CT molecular complexity index is 604. The van der Waals surface area contributed by atoms with Crippen LogP contribution in [0.25, 0.3) is 0 Å². The van der Waals surface area contributed by atoms with E-state index in [-0.39, 0.29) is 0 Å². The first-order valence-corrected chi connectivity index (χ1v) is 9.01. The maximum atomic E-state index is 10.9. The van der Waals surface area contributed by atoms with E-state index in [0.29, 0.717) is 34.7 Å². The molecule has 0 fully saturated rings. The summed E-state index contributed by atoms with van der Waals surface area (Å²) < 4.78 is 16.4. The maximum Gasteiger partial charge on any atom is 0.162 e. The molecule has 0 spiro atoms. The van der Waals surface area contributed by atoms with Crippen LogP contribution in [0.15, 0.2) is 48.5 Å². The number of hydrogen-bond acceptors (Lipinski definition) is 6. The summed E-state index contributed by atoms with van der Waals surface area (Å²) in [4.78, 5) is 10.9. The Kier molecular flexibility index (Phi) is 6.99. The fraction of sp³-hybridized carbons (Fsp3) is 0.188. The van der Waals surface area contributed by atoms with Crippen LogP contribution in [0.1, 0.15) is 10.4 Å². The van der Waals surface area contributed by atoms with Crippen molar-refractivity contribution in [3.63, 3.8) is 0 Å². The van der Waals surface area contributed by atoms with E-state index in [1.165, 1.54) is 21.6 Å². The van der Waals surface area contributed by atoms with Crippen LogP contribution >= 0.6 is 21.6 Å². The summed E-state index contributed by atoms with van der Waals surface area (Å²) in [5, 5.41) is 0. The van der Waals surface area contributed by atoms with Gasteiger partial charge in [-0.1, -0.05) is 24.3 Å². The highest BCUT2D eigenvalue weighted by molar-refractivity contribution is 8.76. The minimum atomic E-state index is 0.435. The van der Waals surface area contributed by atoms with Crippen molar-refractivity contribution in [3.05, 3.63) is 54.1 Å². The predicted molar refractivity (Wildman–Crippen MR) is 91.0 cm³/mol. The summed E-state index contributed by atoms with van der Waals surface area (Å²) >= 11 is 0. The highest BCUT2D eigenvalue weighted by Gasteiger charge is 2.03. The number of para-hydroxylation sites is 3. The molecular formula is C16H16O4S2. The smallest absolute Gasteiger partial charge is 0.162 e. The van der Waals surface area contributed by atoms with E-state index in [0.717, 1.165) is 6.29 Å². The third-order valence-electron chi connectivity index (χ3n) is 2.72. The largest absolute Gasteiger partial charge is 0.493 e. The van der Waals surface area contributed by atoms with Crippen molar-refractivity contribution in [3.8, 4) is 17.2 Å². The Morgan fingerprint density at radius 1 is 0.864 bits per heavy atom. The maximum absolute atomic E-state index is 10.9. The first kappa shape index (κ1) is 16.6. The van der Waals surface area contributed by atoms with Gasteiger partial charge in [-0.25, -0.2) is 0 Å². The Morgan fingerprint density at radius 3 is 2.05 bits per heavy atom. The highest BCUT2D eigenvalue weighted by Crippen LogP contribution is 2.29. The molecule has 0 heterocycles. The highest BCUT2D eigenvalue weighted by atomic mass is 33.1. The van der Waals surface area contributed by atoms with Crippen LogP contribution in [0, 0.1) is 0 Å². The quantitative estimate of drug-likeness (QED) is 0.295. The van der Waals surface area contributed by atoms with Gasteiger partial charge in [-0.2, -0.15) is 0 Å². The van der Waals surface area contributed by atoms with Crippen molar-refractivity contribution in [1.29, 1.82) is 0 Å². The molecule has 0 amide bonds. The summed E-state index contributed by atoms with van der Waals surface area (Å²) in [6.45, 7) is 0. The lowest BCUT2D eigenvalue weighted by Gasteiger charge is -2.10. The Hall–Kier alpha value is -1.79. The summed E-state index contributed by atoms with van der Waals surface area (Å²) in [5.74, 6) is 2.93.